The van der Waals surface area contributed by atoms with E-state index in [-0.39, 0.29) is 0 Å². The van der Waals surface area contributed by atoms with Gasteiger partial charge in [0.15, 0.2) is 0 Å². The molecule has 0 bridgehead atoms. The number of nitrogens with zero attached hydrogens (tertiary/aromatic N) is 1. The molecule has 0 spiro atoms. The fourth-order valence-corrected chi connectivity index (χ4v) is 1.75. The van der Waals surface area contributed by atoms with Crippen LogP contribution in [0.25, 0.3) is 0 Å². The van der Waals surface area contributed by atoms with Crippen molar-refractivity contribution in [1.29, 1.82) is 0 Å². The third-order valence-corrected chi connectivity index (χ3v) is 2.47. The Morgan fingerprint density at radius 3 is 3.00 bits per heavy atom. The Hall–Kier alpha value is -0.120. The summed E-state index contributed by atoms with van der Waals surface area (Å²) in [4.78, 5) is 6.95. The minimum atomic E-state index is 0.699. The molecule has 0 aliphatic carbocycles. The molecular formula is C8H18N2O. The van der Waals surface area contributed by atoms with Crippen molar-refractivity contribution >= 4 is 0 Å². The Morgan fingerprint density at radius 2 is 2.45 bits per heavy atom. The van der Waals surface area contributed by atoms with E-state index in [0.29, 0.717) is 6.61 Å². The van der Waals surface area contributed by atoms with Crippen LogP contribution in [0.4, 0.5) is 0 Å². The molecule has 66 valence electrons. The highest BCUT2D eigenvalue weighted by Crippen LogP contribution is 2.18. The lowest BCUT2D eigenvalue weighted by Gasteiger charge is -2.18. The Labute approximate surface area is 68.5 Å². The number of nitrogens with two attached hydrogens (primary N) is 1. The van der Waals surface area contributed by atoms with E-state index < -0.39 is 0 Å². The third-order valence-electron chi connectivity index (χ3n) is 2.47. The number of rotatable bonds is 4. The molecule has 0 aromatic rings. The molecule has 1 rings (SSSR count). The summed E-state index contributed by atoms with van der Waals surface area (Å²) in [6.07, 6.45) is 5.02. The summed E-state index contributed by atoms with van der Waals surface area (Å²) >= 11 is 0. The van der Waals surface area contributed by atoms with Gasteiger partial charge in [-0.05, 0) is 39.3 Å². The lowest BCUT2D eigenvalue weighted by Crippen LogP contribution is -2.25. The Bertz CT molecular complexity index is 108. The Morgan fingerprint density at radius 1 is 1.64 bits per heavy atom. The van der Waals surface area contributed by atoms with E-state index in [4.69, 9.17) is 5.90 Å². The summed E-state index contributed by atoms with van der Waals surface area (Å²) in [5, 5.41) is 0. The summed E-state index contributed by atoms with van der Waals surface area (Å²) in [6.45, 7) is 1.96. The molecule has 0 radical (unpaired) electrons. The third kappa shape index (κ3) is 2.77. The molecule has 1 aliphatic heterocycles. The molecule has 2 N–H and O–H groups in total. The van der Waals surface area contributed by atoms with Gasteiger partial charge in [0, 0.05) is 6.04 Å². The highest BCUT2D eigenvalue weighted by Gasteiger charge is 2.19. The maximum Gasteiger partial charge on any atom is 0.0679 e. The molecule has 1 unspecified atom stereocenters. The van der Waals surface area contributed by atoms with E-state index in [0.717, 1.165) is 12.5 Å². The summed E-state index contributed by atoms with van der Waals surface area (Å²) in [5.41, 5.74) is 0. The van der Waals surface area contributed by atoms with Crippen molar-refractivity contribution in [2.75, 3.05) is 20.2 Å². The molecule has 3 heteroatoms. The second-order valence-corrected chi connectivity index (χ2v) is 3.29. The molecule has 0 aromatic carbocycles. The van der Waals surface area contributed by atoms with Crippen molar-refractivity contribution in [3.05, 3.63) is 0 Å². The average Bonchev–Trinajstić information content (AvgIpc) is 2.37. The Balaban J connectivity index is 2.05. The van der Waals surface area contributed by atoms with E-state index in [9.17, 15) is 0 Å². The number of hydrogen-bond acceptors (Lipinski definition) is 3. The van der Waals surface area contributed by atoms with Crippen LogP contribution in [0.1, 0.15) is 25.7 Å². The molecule has 1 heterocycles. The lowest BCUT2D eigenvalue weighted by molar-refractivity contribution is 0.127. The van der Waals surface area contributed by atoms with E-state index in [1.54, 1.807) is 0 Å². The van der Waals surface area contributed by atoms with Crippen LogP contribution in [0.2, 0.25) is 0 Å². The summed E-state index contributed by atoms with van der Waals surface area (Å²) in [6, 6.07) is 0.783. The van der Waals surface area contributed by atoms with Crippen molar-refractivity contribution in [2.45, 2.75) is 31.7 Å². The van der Waals surface area contributed by atoms with Crippen molar-refractivity contribution in [3.63, 3.8) is 0 Å². The molecule has 1 saturated heterocycles. The second-order valence-electron chi connectivity index (χ2n) is 3.29. The first-order chi connectivity index (χ1) is 5.34. The molecule has 1 aliphatic rings. The molecule has 0 amide bonds. The van der Waals surface area contributed by atoms with Gasteiger partial charge >= 0.3 is 0 Å². The van der Waals surface area contributed by atoms with Gasteiger partial charge in [-0.15, -0.1) is 0 Å². The topological polar surface area (TPSA) is 38.5 Å². The fourth-order valence-electron chi connectivity index (χ4n) is 1.75. The van der Waals surface area contributed by atoms with E-state index in [1.807, 2.05) is 0 Å². The molecule has 3 nitrogen and oxygen atoms in total. The summed E-state index contributed by atoms with van der Waals surface area (Å²) in [5.74, 6) is 4.93. The molecule has 0 aromatic heterocycles. The van der Waals surface area contributed by atoms with Gasteiger partial charge in [-0.1, -0.05) is 0 Å². The van der Waals surface area contributed by atoms with Gasteiger partial charge < -0.3 is 9.74 Å². The van der Waals surface area contributed by atoms with Gasteiger partial charge in [-0.2, -0.15) is 0 Å². The highest BCUT2D eigenvalue weighted by atomic mass is 16.6. The first-order valence-corrected chi connectivity index (χ1v) is 4.36. The van der Waals surface area contributed by atoms with Crippen LogP contribution in [0.15, 0.2) is 0 Å². The van der Waals surface area contributed by atoms with E-state index in [2.05, 4.69) is 16.8 Å². The van der Waals surface area contributed by atoms with Crippen molar-refractivity contribution in [3.8, 4) is 0 Å². The van der Waals surface area contributed by atoms with E-state index >= 15 is 0 Å². The van der Waals surface area contributed by atoms with Crippen LogP contribution in [0.3, 0.4) is 0 Å². The van der Waals surface area contributed by atoms with Gasteiger partial charge in [-0.25, -0.2) is 5.90 Å². The normalized spacial score (nSPS) is 26.2. The summed E-state index contributed by atoms with van der Waals surface area (Å²) in [7, 11) is 2.20. The standard InChI is InChI=1S/C8H18N2O/c1-10-6-2-4-8(10)5-3-7-11-9/h8H,2-7,9H2,1H3. The van der Waals surface area contributed by atoms with Crippen LogP contribution in [0.5, 0.6) is 0 Å². The highest BCUT2D eigenvalue weighted by molar-refractivity contribution is 4.75. The number of hydrogen-bond donors (Lipinski definition) is 1. The predicted molar refractivity (Wildman–Crippen MR) is 45.0 cm³/mol. The predicted octanol–water partition coefficient (Wildman–Crippen LogP) is 0.751. The fraction of sp³-hybridized carbons (Fsp3) is 1.00. The van der Waals surface area contributed by atoms with Gasteiger partial charge in [0.2, 0.25) is 0 Å². The largest absolute Gasteiger partial charge is 0.305 e. The lowest BCUT2D eigenvalue weighted by atomic mass is 10.1. The van der Waals surface area contributed by atoms with E-state index in [1.165, 1.54) is 25.8 Å². The molecule has 11 heavy (non-hydrogen) atoms. The summed E-state index contributed by atoms with van der Waals surface area (Å²) < 4.78 is 0. The second kappa shape index (κ2) is 4.70. The van der Waals surface area contributed by atoms with Gasteiger partial charge in [0.05, 0.1) is 6.61 Å². The average molecular weight is 158 g/mol. The van der Waals surface area contributed by atoms with Crippen LogP contribution in [-0.2, 0) is 4.84 Å². The Kier molecular flexibility index (Phi) is 3.83. The smallest absolute Gasteiger partial charge is 0.0679 e. The molecule has 0 saturated carbocycles. The first-order valence-electron chi connectivity index (χ1n) is 4.36. The van der Waals surface area contributed by atoms with Crippen molar-refractivity contribution < 1.29 is 4.84 Å². The maximum atomic E-state index is 4.93. The molecular weight excluding hydrogens is 140 g/mol. The molecule has 1 atom stereocenters. The van der Waals surface area contributed by atoms with Crippen LogP contribution in [0, 0.1) is 0 Å². The minimum absolute atomic E-state index is 0.699. The van der Waals surface area contributed by atoms with Gasteiger partial charge in [0.25, 0.3) is 0 Å². The van der Waals surface area contributed by atoms with Crippen molar-refractivity contribution in [2.24, 2.45) is 5.90 Å². The first kappa shape index (κ1) is 8.97. The minimum Gasteiger partial charge on any atom is -0.305 e. The quantitative estimate of drug-likeness (QED) is 0.484. The SMILES string of the molecule is CN1CCCC1CCCON. The van der Waals surface area contributed by atoms with Gasteiger partial charge in [0.1, 0.15) is 0 Å². The van der Waals surface area contributed by atoms with Crippen molar-refractivity contribution in [1.82, 2.24) is 4.90 Å². The zero-order valence-electron chi connectivity index (χ0n) is 7.25. The van der Waals surface area contributed by atoms with Crippen LogP contribution in [-0.4, -0.2) is 31.1 Å². The molecule has 1 fully saturated rings. The maximum absolute atomic E-state index is 4.93. The number of likely N-dealkylation sites (tertiary alicyclic amines) is 1. The van der Waals surface area contributed by atoms with Gasteiger partial charge in [-0.3, -0.25) is 0 Å². The van der Waals surface area contributed by atoms with Crippen LogP contribution >= 0.6 is 0 Å². The zero-order chi connectivity index (χ0) is 8.10. The monoisotopic (exact) mass is 158 g/mol. The van der Waals surface area contributed by atoms with Crippen LogP contribution < -0.4 is 5.90 Å². The zero-order valence-corrected chi connectivity index (χ0v) is 7.25.